The highest BCUT2D eigenvalue weighted by Crippen LogP contribution is 2.09. The Morgan fingerprint density at radius 3 is 3.05 bits per heavy atom. The zero-order valence-corrected chi connectivity index (χ0v) is 10.6. The number of nitrogens with one attached hydrogen (secondary N) is 1. The maximum Gasteiger partial charge on any atom is 0.322 e. The molecule has 0 aliphatic carbocycles. The third-order valence-electron chi connectivity index (χ3n) is 2.95. The van der Waals surface area contributed by atoms with E-state index >= 15 is 0 Å². The number of carbonyl (C=O) groups is 2. The van der Waals surface area contributed by atoms with Crippen molar-refractivity contribution in [2.45, 2.75) is 32.5 Å². The first-order valence-electron chi connectivity index (χ1n) is 6.10. The van der Waals surface area contributed by atoms with E-state index in [2.05, 4.69) is 20.8 Å². The number of aromatic nitrogens is 4. The number of carboxylic acids is 1. The Labute approximate surface area is 109 Å². The summed E-state index contributed by atoms with van der Waals surface area (Å²) in [6.45, 7) is 3.05. The van der Waals surface area contributed by atoms with Crippen LogP contribution in [0.4, 0.5) is 0 Å². The summed E-state index contributed by atoms with van der Waals surface area (Å²) in [6, 6.07) is -0.746. The van der Waals surface area contributed by atoms with E-state index in [0.717, 1.165) is 6.42 Å². The lowest BCUT2D eigenvalue weighted by Crippen LogP contribution is -2.57. The van der Waals surface area contributed by atoms with Crippen LogP contribution >= 0.6 is 0 Å². The van der Waals surface area contributed by atoms with E-state index in [4.69, 9.17) is 5.11 Å². The maximum absolute atomic E-state index is 11.4. The molecule has 1 fully saturated rings. The Morgan fingerprint density at radius 1 is 1.58 bits per heavy atom. The van der Waals surface area contributed by atoms with E-state index < -0.39 is 12.0 Å². The summed E-state index contributed by atoms with van der Waals surface area (Å²) < 4.78 is 1.63. The van der Waals surface area contributed by atoms with Crippen molar-refractivity contribution in [2.24, 2.45) is 0 Å². The number of nitrogens with zero attached hydrogens (tertiary/aromatic N) is 5. The van der Waals surface area contributed by atoms with E-state index in [9.17, 15) is 9.59 Å². The summed E-state index contributed by atoms with van der Waals surface area (Å²) in [6.07, 6.45) is 0.876. The molecule has 2 rings (SSSR count). The Morgan fingerprint density at radius 2 is 2.37 bits per heavy atom. The molecule has 1 aromatic rings. The predicted molar refractivity (Wildman–Crippen MR) is 63.0 cm³/mol. The third kappa shape index (κ3) is 3.05. The van der Waals surface area contributed by atoms with E-state index in [-0.39, 0.29) is 25.5 Å². The van der Waals surface area contributed by atoms with Crippen LogP contribution in [-0.4, -0.2) is 61.2 Å². The second kappa shape index (κ2) is 5.74. The normalized spacial score (nSPS) is 20.3. The number of carboxylic acid groups (broad SMARTS) is 1. The first kappa shape index (κ1) is 13.4. The highest BCUT2D eigenvalue weighted by molar-refractivity contribution is 5.83. The van der Waals surface area contributed by atoms with Gasteiger partial charge in [-0.3, -0.25) is 14.5 Å². The SMILES string of the molecule is CCCn1nnnc1CN1CC(=O)NCC1C(=O)O. The molecule has 19 heavy (non-hydrogen) atoms. The molecule has 1 unspecified atom stereocenters. The number of amides is 1. The van der Waals surface area contributed by atoms with Gasteiger partial charge >= 0.3 is 5.97 Å². The fourth-order valence-corrected chi connectivity index (χ4v) is 2.00. The fraction of sp³-hybridized carbons (Fsp3) is 0.700. The van der Waals surface area contributed by atoms with Crippen molar-refractivity contribution >= 4 is 11.9 Å². The first-order valence-corrected chi connectivity index (χ1v) is 6.10. The van der Waals surface area contributed by atoms with E-state index in [0.29, 0.717) is 12.4 Å². The largest absolute Gasteiger partial charge is 0.480 e. The minimum atomic E-state index is -0.963. The molecule has 0 radical (unpaired) electrons. The number of aliphatic carboxylic acids is 1. The number of aryl methyl sites for hydroxylation is 1. The molecule has 1 aliphatic rings. The van der Waals surface area contributed by atoms with Crippen LogP contribution in [0.1, 0.15) is 19.2 Å². The molecule has 0 bridgehead atoms. The summed E-state index contributed by atoms with van der Waals surface area (Å²) in [5, 5.41) is 23.0. The van der Waals surface area contributed by atoms with Crippen molar-refractivity contribution < 1.29 is 14.7 Å². The number of piperazine rings is 1. The summed E-state index contributed by atoms with van der Waals surface area (Å²) in [5.74, 6) is -0.579. The minimum Gasteiger partial charge on any atom is -0.480 e. The van der Waals surface area contributed by atoms with Crippen LogP contribution < -0.4 is 5.32 Å². The summed E-state index contributed by atoms with van der Waals surface area (Å²) in [5.41, 5.74) is 0. The Hall–Kier alpha value is -2.03. The molecule has 2 heterocycles. The minimum absolute atomic E-state index is 0.0377. The van der Waals surface area contributed by atoms with Crippen molar-refractivity contribution in [3.05, 3.63) is 5.82 Å². The standard InChI is InChI=1S/C10H16N6O3/c1-2-3-16-8(12-13-14-16)5-15-6-9(17)11-4-7(15)10(18)19/h7H,2-6H2,1H3,(H,11,17)(H,18,19). The molecule has 1 aromatic heterocycles. The van der Waals surface area contributed by atoms with Gasteiger partial charge in [0.05, 0.1) is 13.1 Å². The van der Waals surface area contributed by atoms with Gasteiger partial charge in [-0.2, -0.15) is 0 Å². The lowest BCUT2D eigenvalue weighted by molar-refractivity contribution is -0.146. The maximum atomic E-state index is 11.4. The van der Waals surface area contributed by atoms with Crippen LogP contribution in [-0.2, 0) is 22.7 Å². The zero-order valence-electron chi connectivity index (χ0n) is 10.6. The second-order valence-electron chi connectivity index (χ2n) is 4.38. The van der Waals surface area contributed by atoms with E-state index in [1.165, 1.54) is 0 Å². The van der Waals surface area contributed by atoms with Gasteiger partial charge in [0.1, 0.15) is 6.04 Å². The van der Waals surface area contributed by atoms with Crippen LogP contribution in [0.3, 0.4) is 0 Å². The first-order chi connectivity index (χ1) is 9.11. The Bertz CT molecular complexity index is 474. The molecule has 0 saturated carbocycles. The summed E-state index contributed by atoms with van der Waals surface area (Å²) in [4.78, 5) is 24.1. The second-order valence-corrected chi connectivity index (χ2v) is 4.38. The monoisotopic (exact) mass is 268 g/mol. The topological polar surface area (TPSA) is 113 Å². The molecular weight excluding hydrogens is 252 g/mol. The summed E-state index contributed by atoms with van der Waals surface area (Å²) in [7, 11) is 0. The quantitative estimate of drug-likeness (QED) is 0.665. The molecule has 2 N–H and O–H groups in total. The smallest absolute Gasteiger partial charge is 0.322 e. The number of carbonyl (C=O) groups excluding carboxylic acids is 1. The Kier molecular flexibility index (Phi) is 4.05. The number of hydrogen-bond donors (Lipinski definition) is 2. The predicted octanol–water partition coefficient (Wildman–Crippen LogP) is -1.53. The highest BCUT2D eigenvalue weighted by Gasteiger charge is 2.32. The van der Waals surface area contributed by atoms with Gasteiger partial charge in [0, 0.05) is 13.1 Å². The van der Waals surface area contributed by atoms with Crippen LogP contribution in [0.25, 0.3) is 0 Å². The van der Waals surface area contributed by atoms with Gasteiger partial charge < -0.3 is 10.4 Å². The van der Waals surface area contributed by atoms with Crippen molar-refractivity contribution in [3.8, 4) is 0 Å². The number of tetrazole rings is 1. The average molecular weight is 268 g/mol. The van der Waals surface area contributed by atoms with Gasteiger partial charge in [0.2, 0.25) is 5.91 Å². The molecule has 1 aliphatic heterocycles. The lowest BCUT2D eigenvalue weighted by Gasteiger charge is -2.31. The zero-order chi connectivity index (χ0) is 13.8. The van der Waals surface area contributed by atoms with Crippen LogP contribution in [0.2, 0.25) is 0 Å². The van der Waals surface area contributed by atoms with Crippen LogP contribution in [0.15, 0.2) is 0 Å². The van der Waals surface area contributed by atoms with Gasteiger partial charge in [-0.25, -0.2) is 4.68 Å². The molecule has 9 heteroatoms. The number of hydrogen-bond acceptors (Lipinski definition) is 6. The third-order valence-corrected chi connectivity index (χ3v) is 2.95. The molecule has 1 saturated heterocycles. The van der Waals surface area contributed by atoms with Gasteiger partial charge in [-0.15, -0.1) is 5.10 Å². The lowest BCUT2D eigenvalue weighted by atomic mass is 10.2. The molecular formula is C10H16N6O3. The number of rotatable bonds is 5. The summed E-state index contributed by atoms with van der Waals surface area (Å²) >= 11 is 0. The molecule has 1 atom stereocenters. The molecule has 0 spiro atoms. The Balaban J connectivity index is 2.11. The molecule has 104 valence electrons. The van der Waals surface area contributed by atoms with Gasteiger partial charge in [0.25, 0.3) is 0 Å². The highest BCUT2D eigenvalue weighted by atomic mass is 16.4. The van der Waals surface area contributed by atoms with Crippen molar-refractivity contribution in [1.82, 2.24) is 30.4 Å². The van der Waals surface area contributed by atoms with Crippen LogP contribution in [0, 0.1) is 0 Å². The van der Waals surface area contributed by atoms with Crippen molar-refractivity contribution in [1.29, 1.82) is 0 Å². The van der Waals surface area contributed by atoms with Gasteiger partial charge in [-0.1, -0.05) is 6.92 Å². The fourth-order valence-electron chi connectivity index (χ4n) is 2.00. The molecule has 9 nitrogen and oxygen atoms in total. The van der Waals surface area contributed by atoms with Gasteiger partial charge in [-0.05, 0) is 16.8 Å². The molecule has 0 aromatic carbocycles. The molecule has 1 amide bonds. The van der Waals surface area contributed by atoms with Crippen LogP contribution in [0.5, 0.6) is 0 Å². The van der Waals surface area contributed by atoms with Crippen molar-refractivity contribution in [3.63, 3.8) is 0 Å². The van der Waals surface area contributed by atoms with Crippen molar-refractivity contribution in [2.75, 3.05) is 13.1 Å². The van der Waals surface area contributed by atoms with Gasteiger partial charge in [0.15, 0.2) is 5.82 Å². The average Bonchev–Trinajstić information content (AvgIpc) is 2.77. The van der Waals surface area contributed by atoms with E-state index in [1.54, 1.807) is 9.58 Å². The van der Waals surface area contributed by atoms with E-state index in [1.807, 2.05) is 6.92 Å².